The Kier molecular flexibility index (Phi) is 4.19. The van der Waals surface area contributed by atoms with E-state index in [0.29, 0.717) is 18.4 Å². The number of nitrogens with one attached hydrogen (secondary N) is 1. The first-order valence-corrected chi connectivity index (χ1v) is 8.96. The number of aliphatic hydroxyl groups excluding tert-OH is 1. The predicted octanol–water partition coefficient (Wildman–Crippen LogP) is 1.99. The Morgan fingerprint density at radius 2 is 1.96 bits per heavy atom. The SMILES string of the molecule is C[C@H]1C=CC=C[C@@H]2O[C@H]3[C@H]4[C@H]2[C@@H](C=CC(=O)NC1)C=C[C@H]4C[C@H]3O. The molecule has 4 nitrogen and oxygen atoms in total. The van der Waals surface area contributed by atoms with Crippen LogP contribution in [-0.4, -0.2) is 35.9 Å². The second-order valence-electron chi connectivity index (χ2n) is 7.50. The molecule has 4 rings (SSSR count). The van der Waals surface area contributed by atoms with Crippen LogP contribution in [-0.2, 0) is 9.53 Å². The first kappa shape index (κ1) is 15.9. The number of hydrogen-bond donors (Lipinski definition) is 2. The lowest BCUT2D eigenvalue weighted by Crippen LogP contribution is -2.32. The monoisotopic (exact) mass is 327 g/mol. The van der Waals surface area contributed by atoms with Gasteiger partial charge in [-0.2, -0.15) is 0 Å². The number of carbonyl (C=O) groups excluding carboxylic acids is 1. The molecule has 24 heavy (non-hydrogen) atoms. The maximum absolute atomic E-state index is 12.0. The van der Waals surface area contributed by atoms with Crippen LogP contribution in [0, 0.1) is 29.6 Å². The quantitative estimate of drug-likeness (QED) is 0.669. The second-order valence-corrected chi connectivity index (χ2v) is 7.50. The van der Waals surface area contributed by atoms with Gasteiger partial charge in [-0.3, -0.25) is 4.79 Å². The van der Waals surface area contributed by atoms with Gasteiger partial charge in [0.1, 0.15) is 0 Å². The zero-order valence-corrected chi connectivity index (χ0v) is 13.9. The van der Waals surface area contributed by atoms with Gasteiger partial charge in [0.25, 0.3) is 0 Å². The van der Waals surface area contributed by atoms with Crippen molar-refractivity contribution in [1.82, 2.24) is 5.32 Å². The molecule has 1 amide bonds. The van der Waals surface area contributed by atoms with Crippen LogP contribution in [0.15, 0.2) is 48.6 Å². The molecule has 2 N–H and O–H groups in total. The van der Waals surface area contributed by atoms with Crippen molar-refractivity contribution in [3.8, 4) is 0 Å². The molecule has 2 aliphatic carbocycles. The Labute approximate surface area is 143 Å². The van der Waals surface area contributed by atoms with E-state index in [1.165, 1.54) is 0 Å². The smallest absolute Gasteiger partial charge is 0.243 e. The molecule has 4 heteroatoms. The van der Waals surface area contributed by atoms with Gasteiger partial charge < -0.3 is 15.2 Å². The number of aliphatic hydroxyl groups is 1. The number of carbonyl (C=O) groups is 1. The van der Waals surface area contributed by atoms with Gasteiger partial charge >= 0.3 is 0 Å². The van der Waals surface area contributed by atoms with Crippen LogP contribution in [0.3, 0.4) is 0 Å². The van der Waals surface area contributed by atoms with Gasteiger partial charge in [0, 0.05) is 24.3 Å². The fourth-order valence-corrected chi connectivity index (χ4v) is 4.71. The van der Waals surface area contributed by atoms with Crippen molar-refractivity contribution in [2.75, 3.05) is 6.54 Å². The maximum Gasteiger partial charge on any atom is 0.243 e. The van der Waals surface area contributed by atoms with Crippen molar-refractivity contribution in [1.29, 1.82) is 0 Å². The summed E-state index contributed by atoms with van der Waals surface area (Å²) in [5.41, 5.74) is 0. The summed E-state index contributed by atoms with van der Waals surface area (Å²) in [4.78, 5) is 12.0. The molecule has 0 unspecified atom stereocenters. The van der Waals surface area contributed by atoms with E-state index in [0.717, 1.165) is 6.42 Å². The van der Waals surface area contributed by atoms with Crippen LogP contribution in [0.2, 0.25) is 0 Å². The summed E-state index contributed by atoms with van der Waals surface area (Å²) in [7, 11) is 0. The van der Waals surface area contributed by atoms with Gasteiger partial charge in [0.05, 0.1) is 18.3 Å². The molecule has 0 aromatic rings. The topological polar surface area (TPSA) is 58.6 Å². The van der Waals surface area contributed by atoms with Crippen molar-refractivity contribution < 1.29 is 14.6 Å². The average Bonchev–Trinajstić information content (AvgIpc) is 3.10. The zero-order chi connectivity index (χ0) is 16.7. The van der Waals surface area contributed by atoms with E-state index in [4.69, 9.17) is 4.74 Å². The number of ether oxygens (including phenoxy) is 1. The number of hydrogen-bond acceptors (Lipinski definition) is 3. The lowest BCUT2D eigenvalue weighted by atomic mass is 9.70. The highest BCUT2D eigenvalue weighted by molar-refractivity contribution is 5.87. The molecule has 1 saturated heterocycles. The first-order valence-electron chi connectivity index (χ1n) is 8.96. The number of allylic oxidation sites excluding steroid dienone is 5. The standard InChI is InChI=1S/C20H25NO3/c1-12-4-2-3-5-16-18-13(8-9-17(23)21-11-12)6-7-14-10-15(22)20(24-16)19(14)18/h2-9,12-16,18-20,22H,10-11H2,1H3,(H,21,23)/t12-,13+,14-,15+,16-,18-,19+,20+/m0/s1. The van der Waals surface area contributed by atoms with Crippen molar-refractivity contribution in [2.45, 2.75) is 31.7 Å². The van der Waals surface area contributed by atoms with Crippen LogP contribution in [0.5, 0.6) is 0 Å². The molecule has 2 aliphatic heterocycles. The Bertz CT molecular complexity index is 620. The van der Waals surface area contributed by atoms with Gasteiger partial charge in [-0.15, -0.1) is 0 Å². The molecule has 128 valence electrons. The van der Waals surface area contributed by atoms with Crippen molar-refractivity contribution in [3.63, 3.8) is 0 Å². The molecule has 2 heterocycles. The normalized spacial score (nSPS) is 46.8. The molecule has 0 aromatic carbocycles. The van der Waals surface area contributed by atoms with E-state index < -0.39 is 0 Å². The van der Waals surface area contributed by atoms with Gasteiger partial charge in [-0.25, -0.2) is 0 Å². The minimum Gasteiger partial charge on any atom is -0.390 e. The van der Waals surface area contributed by atoms with E-state index in [1.807, 2.05) is 18.2 Å². The highest BCUT2D eigenvalue weighted by atomic mass is 16.5. The fraction of sp³-hybridized carbons (Fsp3) is 0.550. The minimum atomic E-state index is -0.383. The summed E-state index contributed by atoms with van der Waals surface area (Å²) < 4.78 is 6.23. The predicted molar refractivity (Wildman–Crippen MR) is 92.0 cm³/mol. The third kappa shape index (κ3) is 2.78. The molecule has 1 saturated carbocycles. The molecule has 2 fully saturated rings. The van der Waals surface area contributed by atoms with E-state index in [2.05, 4.69) is 36.5 Å². The molecule has 0 spiro atoms. The molecule has 8 atom stereocenters. The summed E-state index contributed by atoms with van der Waals surface area (Å²) in [6, 6.07) is 0. The highest BCUT2D eigenvalue weighted by Crippen LogP contribution is 2.53. The zero-order valence-electron chi connectivity index (χ0n) is 13.9. The molecule has 0 bridgehead atoms. The summed E-state index contributed by atoms with van der Waals surface area (Å²) in [5.74, 6) is 1.42. The molecule has 0 aromatic heterocycles. The molecule has 0 radical (unpaired) electrons. The van der Waals surface area contributed by atoms with Crippen molar-refractivity contribution in [3.05, 3.63) is 48.6 Å². The molecular formula is C20H25NO3. The van der Waals surface area contributed by atoms with Gasteiger partial charge in [0.15, 0.2) is 0 Å². The van der Waals surface area contributed by atoms with Crippen LogP contribution in [0.4, 0.5) is 0 Å². The highest BCUT2D eigenvalue weighted by Gasteiger charge is 2.56. The average molecular weight is 327 g/mol. The van der Waals surface area contributed by atoms with E-state index >= 15 is 0 Å². The van der Waals surface area contributed by atoms with Crippen LogP contribution >= 0.6 is 0 Å². The second kappa shape index (κ2) is 6.34. The van der Waals surface area contributed by atoms with Crippen molar-refractivity contribution in [2.24, 2.45) is 29.6 Å². The van der Waals surface area contributed by atoms with Crippen LogP contribution in [0.25, 0.3) is 0 Å². The van der Waals surface area contributed by atoms with Crippen LogP contribution < -0.4 is 5.32 Å². The minimum absolute atomic E-state index is 0.0131. The third-order valence-corrected chi connectivity index (χ3v) is 5.85. The summed E-state index contributed by atoms with van der Waals surface area (Å²) in [6.45, 7) is 2.71. The Morgan fingerprint density at radius 3 is 2.83 bits per heavy atom. The van der Waals surface area contributed by atoms with Gasteiger partial charge in [0.2, 0.25) is 5.91 Å². The summed E-state index contributed by atoms with van der Waals surface area (Å²) in [6.07, 6.45) is 16.6. The lowest BCUT2D eigenvalue weighted by molar-refractivity contribution is -0.116. The number of rotatable bonds is 0. The fourth-order valence-electron chi connectivity index (χ4n) is 4.71. The first-order chi connectivity index (χ1) is 11.6. The summed E-state index contributed by atoms with van der Waals surface area (Å²) in [5, 5.41) is 13.3. The largest absolute Gasteiger partial charge is 0.390 e. The van der Waals surface area contributed by atoms with Crippen LogP contribution in [0.1, 0.15) is 13.3 Å². The van der Waals surface area contributed by atoms with Gasteiger partial charge in [-0.1, -0.05) is 49.5 Å². The lowest BCUT2D eigenvalue weighted by Gasteiger charge is -2.32. The Morgan fingerprint density at radius 1 is 1.12 bits per heavy atom. The van der Waals surface area contributed by atoms with E-state index in [9.17, 15) is 9.90 Å². The Balaban J connectivity index is 1.68. The summed E-state index contributed by atoms with van der Waals surface area (Å²) >= 11 is 0. The molecule has 4 aliphatic rings. The third-order valence-electron chi connectivity index (χ3n) is 5.85. The maximum atomic E-state index is 12.0. The van der Waals surface area contributed by atoms with E-state index in [-0.39, 0.29) is 42.0 Å². The molecular weight excluding hydrogens is 302 g/mol. The Hall–Kier alpha value is -1.65. The van der Waals surface area contributed by atoms with E-state index in [1.54, 1.807) is 6.08 Å². The van der Waals surface area contributed by atoms with Crippen molar-refractivity contribution >= 4 is 5.91 Å². The number of amides is 1. The van der Waals surface area contributed by atoms with Gasteiger partial charge in [-0.05, 0) is 24.3 Å².